The first-order valence-electron chi connectivity index (χ1n) is 8.58. The molecule has 1 aliphatic rings. The van der Waals surface area contributed by atoms with E-state index in [0.29, 0.717) is 11.5 Å². The van der Waals surface area contributed by atoms with Crippen LogP contribution >= 0.6 is 0 Å². The van der Waals surface area contributed by atoms with Gasteiger partial charge in [0.15, 0.2) is 0 Å². The second-order valence-corrected chi connectivity index (χ2v) is 6.59. The van der Waals surface area contributed by atoms with Gasteiger partial charge in [-0.3, -0.25) is 0 Å². The molecule has 3 nitrogen and oxygen atoms in total. The quantitative estimate of drug-likeness (QED) is 0.659. The zero-order chi connectivity index (χ0) is 16.5. The fourth-order valence-corrected chi connectivity index (χ4v) is 3.81. The van der Waals surface area contributed by atoms with Crippen molar-refractivity contribution in [2.24, 2.45) is 0 Å². The van der Waals surface area contributed by atoms with E-state index >= 15 is 0 Å². The molecule has 24 heavy (non-hydrogen) atoms. The number of fused-ring (bicyclic) bond motifs is 1. The van der Waals surface area contributed by atoms with Gasteiger partial charge in [-0.2, -0.15) is 0 Å². The minimum Gasteiger partial charge on any atom is -0.508 e. The number of benzene rings is 2. The first kappa shape index (κ1) is 15.0. The molecule has 0 atom stereocenters. The molecular weight excluding hydrogens is 300 g/mol. The lowest BCUT2D eigenvalue weighted by molar-refractivity contribution is 0.414. The predicted molar refractivity (Wildman–Crippen MR) is 95.4 cm³/mol. The lowest BCUT2D eigenvalue weighted by atomic mass is 9.83. The monoisotopic (exact) mass is 320 g/mol. The molecule has 0 aliphatic heterocycles. The zero-order valence-electron chi connectivity index (χ0n) is 13.5. The van der Waals surface area contributed by atoms with Crippen molar-refractivity contribution in [3.8, 4) is 16.9 Å². The van der Waals surface area contributed by atoms with E-state index in [-0.39, 0.29) is 5.75 Å². The summed E-state index contributed by atoms with van der Waals surface area (Å²) in [5.74, 6) is 0.626. The van der Waals surface area contributed by atoms with Crippen molar-refractivity contribution in [1.29, 1.82) is 0 Å². The molecule has 1 heterocycles. The fraction of sp³-hybridized carbons (Fsp3) is 0.286. The Hall–Kier alpha value is -2.55. The van der Waals surface area contributed by atoms with Crippen LogP contribution in [-0.2, 0) is 0 Å². The lowest BCUT2D eigenvalue weighted by Crippen LogP contribution is -2.05. The third-order valence-corrected chi connectivity index (χ3v) is 5.02. The van der Waals surface area contributed by atoms with Gasteiger partial charge in [0.25, 0.3) is 0 Å². The molecule has 3 heteroatoms. The van der Waals surface area contributed by atoms with Crippen LogP contribution in [0.25, 0.3) is 22.1 Å². The van der Waals surface area contributed by atoms with E-state index in [1.165, 1.54) is 19.3 Å². The highest BCUT2D eigenvalue weighted by atomic mass is 16.4. The highest BCUT2D eigenvalue weighted by molar-refractivity contribution is 5.94. The molecule has 1 fully saturated rings. The Bertz CT molecular complexity index is 919. The van der Waals surface area contributed by atoms with Crippen LogP contribution in [0.4, 0.5) is 0 Å². The van der Waals surface area contributed by atoms with Crippen molar-refractivity contribution < 1.29 is 9.52 Å². The van der Waals surface area contributed by atoms with Gasteiger partial charge in [0.05, 0.1) is 0 Å². The molecule has 4 rings (SSSR count). The summed E-state index contributed by atoms with van der Waals surface area (Å²) in [5, 5.41) is 11.3. The maximum Gasteiger partial charge on any atom is 0.336 e. The average molecular weight is 320 g/mol. The third kappa shape index (κ3) is 2.71. The summed E-state index contributed by atoms with van der Waals surface area (Å²) in [6.07, 6.45) is 5.90. The second-order valence-electron chi connectivity index (χ2n) is 6.59. The summed E-state index contributed by atoms with van der Waals surface area (Å²) in [4.78, 5) is 11.9. The molecule has 0 bridgehead atoms. The van der Waals surface area contributed by atoms with E-state index in [1.54, 1.807) is 12.1 Å². The number of hydrogen-bond donors (Lipinski definition) is 1. The minimum atomic E-state index is -0.397. The highest BCUT2D eigenvalue weighted by Gasteiger charge is 2.20. The molecule has 0 unspecified atom stereocenters. The highest BCUT2D eigenvalue weighted by Crippen LogP contribution is 2.40. The lowest BCUT2D eigenvalue weighted by Gasteiger charge is -2.23. The van der Waals surface area contributed by atoms with E-state index in [1.807, 2.05) is 36.4 Å². The maximum atomic E-state index is 11.9. The molecule has 1 aliphatic carbocycles. The summed E-state index contributed by atoms with van der Waals surface area (Å²) in [6.45, 7) is 0. The largest absolute Gasteiger partial charge is 0.508 e. The van der Waals surface area contributed by atoms with Crippen LogP contribution in [0.3, 0.4) is 0 Å². The van der Waals surface area contributed by atoms with Crippen molar-refractivity contribution >= 4 is 11.0 Å². The van der Waals surface area contributed by atoms with Crippen LogP contribution < -0.4 is 5.63 Å². The summed E-state index contributed by atoms with van der Waals surface area (Å²) < 4.78 is 5.33. The normalized spacial score (nSPS) is 15.7. The van der Waals surface area contributed by atoms with Crippen molar-refractivity contribution in [1.82, 2.24) is 0 Å². The number of aromatic hydroxyl groups is 1. The van der Waals surface area contributed by atoms with Crippen molar-refractivity contribution in [3.63, 3.8) is 0 Å². The first-order valence-corrected chi connectivity index (χ1v) is 8.58. The Morgan fingerprint density at radius 3 is 2.46 bits per heavy atom. The summed E-state index contributed by atoms with van der Waals surface area (Å²) in [5.41, 5.74) is 2.87. The van der Waals surface area contributed by atoms with Crippen LogP contribution in [0.15, 0.2) is 57.7 Å². The molecule has 0 amide bonds. The van der Waals surface area contributed by atoms with Crippen LogP contribution in [0.1, 0.15) is 43.6 Å². The molecule has 0 radical (unpaired) electrons. The van der Waals surface area contributed by atoms with E-state index in [4.69, 9.17) is 4.42 Å². The van der Waals surface area contributed by atoms with Gasteiger partial charge in [-0.25, -0.2) is 4.79 Å². The Kier molecular flexibility index (Phi) is 3.85. The minimum absolute atomic E-state index is 0.239. The SMILES string of the molecule is O=c1cc(-c2ccccc2)c2cc(C3CCCCC3)c(O)cc2o1. The number of rotatable bonds is 2. The van der Waals surface area contributed by atoms with Gasteiger partial charge in [0.2, 0.25) is 0 Å². The molecule has 1 saturated carbocycles. The summed E-state index contributed by atoms with van der Waals surface area (Å²) in [6, 6.07) is 15.0. The molecule has 122 valence electrons. The van der Waals surface area contributed by atoms with Crippen molar-refractivity contribution in [2.45, 2.75) is 38.0 Å². The van der Waals surface area contributed by atoms with Gasteiger partial charge < -0.3 is 9.52 Å². The number of phenolic OH excluding ortho intramolecular Hbond substituents is 1. The molecule has 0 spiro atoms. The standard InChI is InChI=1S/C21H20O3/c22-19-13-20-18(11-17(19)15-9-5-2-6-10-15)16(12-21(23)24-20)14-7-3-1-4-8-14/h1,3-4,7-8,11-13,15,22H,2,5-6,9-10H2. The molecule has 3 aromatic rings. The second kappa shape index (κ2) is 6.16. The molecule has 0 saturated heterocycles. The summed E-state index contributed by atoms with van der Waals surface area (Å²) in [7, 11) is 0. The van der Waals surface area contributed by atoms with Crippen LogP contribution in [0.2, 0.25) is 0 Å². The Morgan fingerprint density at radius 2 is 1.71 bits per heavy atom. The van der Waals surface area contributed by atoms with Gasteiger partial charge in [0, 0.05) is 17.5 Å². The summed E-state index contributed by atoms with van der Waals surface area (Å²) >= 11 is 0. The van der Waals surface area contributed by atoms with Gasteiger partial charge in [-0.05, 0) is 41.5 Å². The Morgan fingerprint density at radius 1 is 0.958 bits per heavy atom. The molecule has 2 aromatic carbocycles. The van der Waals surface area contributed by atoms with Gasteiger partial charge in [0.1, 0.15) is 11.3 Å². The predicted octanol–water partition coefficient (Wildman–Crippen LogP) is 5.21. The van der Waals surface area contributed by atoms with E-state index < -0.39 is 5.63 Å². The van der Waals surface area contributed by atoms with Crippen LogP contribution in [0, 0.1) is 0 Å². The van der Waals surface area contributed by atoms with Crippen LogP contribution in [-0.4, -0.2) is 5.11 Å². The maximum absolute atomic E-state index is 11.9. The number of phenols is 1. The van der Waals surface area contributed by atoms with E-state index in [0.717, 1.165) is 34.9 Å². The molecular formula is C21H20O3. The topological polar surface area (TPSA) is 50.4 Å². The molecule has 1 N–H and O–H groups in total. The Balaban J connectivity index is 1.94. The van der Waals surface area contributed by atoms with E-state index in [2.05, 4.69) is 0 Å². The van der Waals surface area contributed by atoms with Gasteiger partial charge >= 0.3 is 5.63 Å². The van der Waals surface area contributed by atoms with Gasteiger partial charge in [-0.15, -0.1) is 0 Å². The zero-order valence-corrected chi connectivity index (χ0v) is 13.5. The first-order chi connectivity index (χ1) is 11.7. The van der Waals surface area contributed by atoms with Crippen molar-refractivity contribution in [2.75, 3.05) is 0 Å². The average Bonchev–Trinajstić information content (AvgIpc) is 2.62. The van der Waals surface area contributed by atoms with Crippen molar-refractivity contribution in [3.05, 3.63) is 64.5 Å². The third-order valence-electron chi connectivity index (χ3n) is 5.02. The number of hydrogen-bond acceptors (Lipinski definition) is 3. The molecule has 1 aromatic heterocycles. The van der Waals surface area contributed by atoms with Crippen LogP contribution in [0.5, 0.6) is 5.75 Å². The fourth-order valence-electron chi connectivity index (χ4n) is 3.81. The Labute approximate surface area is 140 Å². The smallest absolute Gasteiger partial charge is 0.336 e. The van der Waals surface area contributed by atoms with Gasteiger partial charge in [-0.1, -0.05) is 49.6 Å². The van der Waals surface area contributed by atoms with E-state index in [9.17, 15) is 9.90 Å².